The number of fused-ring (bicyclic) bond motifs is 3. The lowest BCUT2D eigenvalue weighted by molar-refractivity contribution is 0.255. The predicted molar refractivity (Wildman–Crippen MR) is 90.7 cm³/mol. The number of carbonyl (C=O) groups excluding carboxylic acids is 1. The van der Waals surface area contributed by atoms with E-state index in [4.69, 9.17) is 11.6 Å². The van der Waals surface area contributed by atoms with E-state index in [0.717, 1.165) is 10.6 Å². The summed E-state index contributed by atoms with van der Waals surface area (Å²) >= 11 is 7.39. The zero-order valence-corrected chi connectivity index (χ0v) is 12.9. The number of rotatable bonds is 1. The summed E-state index contributed by atoms with van der Waals surface area (Å²) in [5, 5.41) is 1.26. The van der Waals surface area contributed by atoms with Crippen molar-refractivity contribution in [1.29, 1.82) is 0 Å². The van der Waals surface area contributed by atoms with Crippen molar-refractivity contribution in [2.75, 3.05) is 9.80 Å². The number of urea groups is 1. The minimum atomic E-state index is -0.185. The molecule has 0 atom stereocenters. The summed E-state index contributed by atoms with van der Waals surface area (Å²) in [6.45, 7) is 3.91. The van der Waals surface area contributed by atoms with E-state index in [1.165, 1.54) is 16.7 Å². The molecule has 0 saturated carbocycles. The third kappa shape index (κ3) is 1.94. The first kappa shape index (κ1) is 13.4. The van der Waals surface area contributed by atoms with Crippen molar-refractivity contribution in [3.05, 3.63) is 66.0 Å². The Morgan fingerprint density at radius 2 is 1.77 bits per heavy atom. The Kier molecular flexibility index (Phi) is 2.99. The van der Waals surface area contributed by atoms with Crippen molar-refractivity contribution in [2.24, 2.45) is 4.99 Å². The van der Waals surface area contributed by atoms with Gasteiger partial charge >= 0.3 is 6.03 Å². The van der Waals surface area contributed by atoms with Gasteiger partial charge in [0.1, 0.15) is 5.82 Å². The molecule has 0 saturated heterocycles. The van der Waals surface area contributed by atoms with Crippen LogP contribution < -0.4 is 9.80 Å². The Bertz CT molecular complexity index is 832. The van der Waals surface area contributed by atoms with Gasteiger partial charge < -0.3 is 0 Å². The maximum absolute atomic E-state index is 12.9. The minimum absolute atomic E-state index is 0.185. The van der Waals surface area contributed by atoms with Crippen LogP contribution in [-0.2, 0) is 0 Å². The molecule has 4 nitrogen and oxygen atoms in total. The summed E-state index contributed by atoms with van der Waals surface area (Å²) in [7, 11) is 0. The van der Waals surface area contributed by atoms with Gasteiger partial charge in [-0.1, -0.05) is 30.3 Å². The van der Waals surface area contributed by atoms with E-state index < -0.39 is 0 Å². The summed E-state index contributed by atoms with van der Waals surface area (Å²) in [6.07, 6.45) is 0. The highest BCUT2D eigenvalue weighted by atomic mass is 35.5. The molecule has 0 aromatic heterocycles. The van der Waals surface area contributed by atoms with E-state index in [0.29, 0.717) is 21.7 Å². The molecule has 2 aliphatic rings. The molecular weight excluding hydrogens is 318 g/mol. The highest BCUT2D eigenvalue weighted by Crippen LogP contribution is 2.43. The highest BCUT2D eigenvalue weighted by molar-refractivity contribution is 8.15. The third-order valence-corrected chi connectivity index (χ3v) is 4.72. The van der Waals surface area contributed by atoms with Gasteiger partial charge in [0, 0.05) is 9.92 Å². The van der Waals surface area contributed by atoms with Crippen LogP contribution in [0.1, 0.15) is 0 Å². The summed E-state index contributed by atoms with van der Waals surface area (Å²) in [6, 6.07) is 14.6. The van der Waals surface area contributed by atoms with Gasteiger partial charge in [-0.05, 0) is 48.2 Å². The zero-order valence-electron chi connectivity index (χ0n) is 11.4. The smallest absolute Gasteiger partial charge is 0.247 e. The van der Waals surface area contributed by atoms with Crippen molar-refractivity contribution in [1.82, 2.24) is 0 Å². The molecule has 0 fully saturated rings. The number of thioether (sulfide) groups is 1. The van der Waals surface area contributed by atoms with Gasteiger partial charge in [0.25, 0.3) is 0 Å². The summed E-state index contributed by atoms with van der Waals surface area (Å²) in [5.74, 6) is 0.402. The van der Waals surface area contributed by atoms with Crippen LogP contribution in [0.2, 0.25) is 5.02 Å². The van der Waals surface area contributed by atoms with Crippen molar-refractivity contribution in [3.8, 4) is 0 Å². The molecule has 0 N–H and O–H groups in total. The molecule has 4 rings (SSSR count). The largest absolute Gasteiger partial charge is 0.341 e. The first-order valence-electron chi connectivity index (χ1n) is 6.59. The van der Waals surface area contributed by atoms with E-state index in [9.17, 15) is 4.79 Å². The molecule has 2 aromatic carbocycles. The molecule has 2 aromatic rings. The molecule has 108 valence electrons. The van der Waals surface area contributed by atoms with E-state index in [2.05, 4.69) is 11.6 Å². The topological polar surface area (TPSA) is 35.9 Å². The first-order chi connectivity index (χ1) is 10.6. The number of amides is 2. The predicted octanol–water partition coefficient (Wildman–Crippen LogP) is 4.72. The number of benzene rings is 2. The summed E-state index contributed by atoms with van der Waals surface area (Å²) in [4.78, 5) is 21.5. The molecule has 6 heteroatoms. The average Bonchev–Trinajstić information content (AvgIpc) is 2.87. The van der Waals surface area contributed by atoms with E-state index in [1.54, 1.807) is 29.2 Å². The van der Waals surface area contributed by atoms with E-state index in [-0.39, 0.29) is 6.03 Å². The van der Waals surface area contributed by atoms with Gasteiger partial charge in [-0.15, -0.1) is 0 Å². The molecule has 2 amide bonds. The Morgan fingerprint density at radius 1 is 1.05 bits per heavy atom. The van der Waals surface area contributed by atoms with Crippen LogP contribution >= 0.6 is 23.4 Å². The molecular formula is C16H10ClN3OS. The van der Waals surface area contributed by atoms with Gasteiger partial charge in [0.2, 0.25) is 0 Å². The van der Waals surface area contributed by atoms with Crippen molar-refractivity contribution >= 4 is 45.9 Å². The van der Waals surface area contributed by atoms with Gasteiger partial charge in [-0.25, -0.2) is 19.6 Å². The van der Waals surface area contributed by atoms with Crippen molar-refractivity contribution < 1.29 is 4.79 Å². The second-order valence-corrected chi connectivity index (χ2v) is 6.26. The molecule has 22 heavy (non-hydrogen) atoms. The Morgan fingerprint density at radius 3 is 2.55 bits per heavy atom. The number of aliphatic imine (C=N–C) groups is 1. The SMILES string of the molecule is C=C1N=C2Sc3ccccc3N2C(=O)N1c1ccc(Cl)cc1. The van der Waals surface area contributed by atoms with Gasteiger partial charge in [-0.3, -0.25) is 0 Å². The molecule has 0 radical (unpaired) electrons. The summed E-state index contributed by atoms with van der Waals surface area (Å²) in [5.41, 5.74) is 1.54. The Labute approximate surface area is 136 Å². The van der Waals surface area contributed by atoms with Crippen LogP contribution in [0, 0.1) is 0 Å². The highest BCUT2D eigenvalue weighted by Gasteiger charge is 2.39. The molecule has 2 heterocycles. The number of halogens is 1. The van der Waals surface area contributed by atoms with E-state index >= 15 is 0 Å². The lowest BCUT2D eigenvalue weighted by Gasteiger charge is -2.31. The Hall–Kier alpha value is -2.24. The molecule has 0 spiro atoms. The number of hydrogen-bond donors (Lipinski definition) is 0. The average molecular weight is 328 g/mol. The van der Waals surface area contributed by atoms with Crippen molar-refractivity contribution in [2.45, 2.75) is 4.90 Å². The number of hydrogen-bond acceptors (Lipinski definition) is 3. The molecule has 2 aliphatic heterocycles. The standard InChI is InChI=1S/C16H10ClN3OS/c1-10-18-15-20(13-4-2-3-5-14(13)22-15)16(21)19(10)12-8-6-11(17)7-9-12/h2-9H,1H2. The summed E-state index contributed by atoms with van der Waals surface area (Å²) < 4.78 is 0. The van der Waals surface area contributed by atoms with Crippen LogP contribution in [-0.4, -0.2) is 11.2 Å². The van der Waals surface area contributed by atoms with Gasteiger partial charge in [-0.2, -0.15) is 0 Å². The van der Waals surface area contributed by atoms with Crippen molar-refractivity contribution in [3.63, 3.8) is 0 Å². The lowest BCUT2D eigenvalue weighted by atomic mass is 10.2. The Balaban J connectivity index is 1.81. The van der Waals surface area contributed by atoms with Gasteiger partial charge in [0.05, 0.1) is 11.4 Å². The lowest BCUT2D eigenvalue weighted by Crippen LogP contribution is -2.47. The van der Waals surface area contributed by atoms with Crippen LogP contribution in [0.15, 0.2) is 70.8 Å². The van der Waals surface area contributed by atoms with Crippen LogP contribution in [0.3, 0.4) is 0 Å². The normalized spacial score (nSPS) is 16.5. The maximum atomic E-state index is 12.9. The second-order valence-electron chi connectivity index (χ2n) is 4.81. The minimum Gasteiger partial charge on any atom is -0.247 e. The third-order valence-electron chi connectivity index (χ3n) is 3.45. The quantitative estimate of drug-likeness (QED) is 0.759. The van der Waals surface area contributed by atoms with Crippen LogP contribution in [0.5, 0.6) is 0 Å². The molecule has 0 unspecified atom stereocenters. The number of carbonyl (C=O) groups is 1. The van der Waals surface area contributed by atoms with Crippen LogP contribution in [0.4, 0.5) is 16.2 Å². The second kappa shape index (κ2) is 4.90. The zero-order chi connectivity index (χ0) is 15.3. The fourth-order valence-corrected chi connectivity index (χ4v) is 3.61. The molecule has 0 bridgehead atoms. The fraction of sp³-hybridized carbons (Fsp3) is 0. The molecule has 0 aliphatic carbocycles. The fourth-order valence-electron chi connectivity index (χ4n) is 2.45. The van der Waals surface area contributed by atoms with Crippen LogP contribution in [0.25, 0.3) is 0 Å². The maximum Gasteiger partial charge on any atom is 0.341 e. The first-order valence-corrected chi connectivity index (χ1v) is 7.79. The number of para-hydroxylation sites is 1. The van der Waals surface area contributed by atoms with E-state index in [1.807, 2.05) is 24.3 Å². The van der Waals surface area contributed by atoms with Gasteiger partial charge in [0.15, 0.2) is 5.17 Å². The monoisotopic (exact) mass is 327 g/mol. The number of nitrogens with zero attached hydrogens (tertiary/aromatic N) is 3. The number of anilines is 2. The number of amidine groups is 1.